The Morgan fingerprint density at radius 2 is 1.19 bits per heavy atom. The Hall–Kier alpha value is -3.47. The number of hydrogen-bond donors (Lipinski definition) is 0. The van der Waals surface area contributed by atoms with Crippen molar-refractivity contribution in [2.45, 2.75) is 12.3 Å². The van der Waals surface area contributed by atoms with Crippen LogP contribution in [0.1, 0.15) is 33.8 Å². The van der Waals surface area contributed by atoms with Crippen LogP contribution in [0.4, 0.5) is 4.39 Å². The number of nitrogens with zero attached hydrogens (tertiary/aromatic N) is 2. The average Bonchev–Trinajstić information content (AvgIpc) is 3.07. The monoisotopic (exact) mass is 416 g/mol. The lowest BCUT2D eigenvalue weighted by atomic mass is 9.90. The first kappa shape index (κ1) is 20.8. The second-order valence-corrected chi connectivity index (χ2v) is 7.73. The highest BCUT2D eigenvalue weighted by molar-refractivity contribution is 5.94. The van der Waals surface area contributed by atoms with Crippen molar-refractivity contribution in [1.29, 1.82) is 0 Å². The number of benzene rings is 3. The SMILES string of the molecule is O=C(c1ccc(F)cc1)N1CCCN(C(=O)C(c2ccccc2)c2ccccc2)CC1. The zero-order valence-electron chi connectivity index (χ0n) is 17.3. The van der Waals surface area contributed by atoms with Crippen LogP contribution >= 0.6 is 0 Å². The standard InChI is InChI=1S/C26H25FN2O2/c27-23-14-12-22(13-15-23)25(30)28-16-7-17-29(19-18-28)26(31)24(20-8-3-1-4-9-20)21-10-5-2-6-11-21/h1-6,8-15,24H,7,16-19H2. The minimum Gasteiger partial charge on any atom is -0.340 e. The minimum absolute atomic E-state index is 0.0495. The van der Waals surface area contributed by atoms with Crippen molar-refractivity contribution in [1.82, 2.24) is 9.80 Å². The molecule has 158 valence electrons. The number of rotatable bonds is 4. The van der Waals surface area contributed by atoms with E-state index in [0.29, 0.717) is 38.2 Å². The van der Waals surface area contributed by atoms with Gasteiger partial charge in [-0.25, -0.2) is 4.39 Å². The Balaban J connectivity index is 1.51. The number of carbonyl (C=O) groups excluding carboxylic acids is 2. The van der Waals surface area contributed by atoms with E-state index in [2.05, 4.69) is 0 Å². The van der Waals surface area contributed by atoms with Gasteiger partial charge < -0.3 is 9.80 Å². The van der Waals surface area contributed by atoms with Crippen LogP contribution < -0.4 is 0 Å². The number of halogens is 1. The maximum absolute atomic E-state index is 13.6. The summed E-state index contributed by atoms with van der Waals surface area (Å²) >= 11 is 0. The Labute approximate surface area is 181 Å². The molecule has 1 saturated heterocycles. The molecule has 0 radical (unpaired) electrons. The Morgan fingerprint density at radius 1 is 0.677 bits per heavy atom. The van der Waals surface area contributed by atoms with Gasteiger partial charge in [-0.2, -0.15) is 0 Å². The summed E-state index contributed by atoms with van der Waals surface area (Å²) in [5, 5.41) is 0. The second-order valence-electron chi connectivity index (χ2n) is 7.73. The smallest absolute Gasteiger partial charge is 0.253 e. The van der Waals surface area contributed by atoms with Gasteiger partial charge in [-0.05, 0) is 41.8 Å². The van der Waals surface area contributed by atoms with Crippen LogP contribution in [0.5, 0.6) is 0 Å². The van der Waals surface area contributed by atoms with Crippen molar-refractivity contribution in [2.24, 2.45) is 0 Å². The van der Waals surface area contributed by atoms with E-state index in [4.69, 9.17) is 0 Å². The molecule has 31 heavy (non-hydrogen) atoms. The summed E-state index contributed by atoms with van der Waals surface area (Å²) in [6, 6.07) is 25.2. The molecule has 1 fully saturated rings. The zero-order chi connectivity index (χ0) is 21.6. The van der Waals surface area contributed by atoms with Crippen molar-refractivity contribution in [3.8, 4) is 0 Å². The normalized spacial score (nSPS) is 14.4. The van der Waals surface area contributed by atoms with Crippen LogP contribution in [0.2, 0.25) is 0 Å². The highest BCUT2D eigenvalue weighted by atomic mass is 19.1. The number of carbonyl (C=O) groups is 2. The summed E-state index contributed by atoms with van der Waals surface area (Å²) in [5.74, 6) is -0.816. The lowest BCUT2D eigenvalue weighted by Gasteiger charge is -2.27. The molecule has 3 aromatic carbocycles. The lowest BCUT2D eigenvalue weighted by molar-refractivity contribution is -0.131. The summed E-state index contributed by atoms with van der Waals surface area (Å²) in [5.41, 5.74) is 2.39. The van der Waals surface area contributed by atoms with Gasteiger partial charge in [-0.1, -0.05) is 60.7 Å². The second kappa shape index (κ2) is 9.56. The summed E-state index contributed by atoms with van der Waals surface area (Å²) in [7, 11) is 0. The molecule has 0 aromatic heterocycles. The van der Waals surface area contributed by atoms with Gasteiger partial charge in [0.1, 0.15) is 5.82 Å². The van der Waals surface area contributed by atoms with E-state index in [1.807, 2.05) is 65.6 Å². The zero-order valence-corrected chi connectivity index (χ0v) is 17.3. The molecule has 4 rings (SSSR count). The topological polar surface area (TPSA) is 40.6 Å². The van der Waals surface area contributed by atoms with Crippen molar-refractivity contribution >= 4 is 11.8 Å². The van der Waals surface area contributed by atoms with Crippen LogP contribution in [-0.2, 0) is 4.79 Å². The molecule has 0 unspecified atom stereocenters. The average molecular weight is 416 g/mol. The maximum atomic E-state index is 13.6. The number of amides is 2. The summed E-state index contributed by atoms with van der Waals surface area (Å²) in [6.07, 6.45) is 0.703. The van der Waals surface area contributed by atoms with Gasteiger partial charge in [-0.3, -0.25) is 9.59 Å². The van der Waals surface area contributed by atoms with Crippen molar-refractivity contribution < 1.29 is 14.0 Å². The highest BCUT2D eigenvalue weighted by Gasteiger charge is 2.29. The lowest BCUT2D eigenvalue weighted by Crippen LogP contribution is -2.39. The van der Waals surface area contributed by atoms with E-state index in [-0.39, 0.29) is 23.5 Å². The Kier molecular flexibility index (Phi) is 6.41. The molecule has 5 heteroatoms. The van der Waals surface area contributed by atoms with E-state index >= 15 is 0 Å². The molecular weight excluding hydrogens is 391 g/mol. The first-order valence-corrected chi connectivity index (χ1v) is 10.6. The van der Waals surface area contributed by atoms with Crippen molar-refractivity contribution in [2.75, 3.05) is 26.2 Å². The molecule has 3 aromatic rings. The van der Waals surface area contributed by atoms with Crippen molar-refractivity contribution in [3.05, 3.63) is 107 Å². The van der Waals surface area contributed by atoms with Crippen LogP contribution in [0.25, 0.3) is 0 Å². The molecule has 1 heterocycles. The van der Waals surface area contributed by atoms with Gasteiger partial charge in [0.05, 0.1) is 5.92 Å². The van der Waals surface area contributed by atoms with Gasteiger partial charge in [0.25, 0.3) is 5.91 Å². The van der Waals surface area contributed by atoms with Crippen LogP contribution in [0, 0.1) is 5.82 Å². The summed E-state index contributed by atoms with van der Waals surface area (Å²) in [6.45, 7) is 2.10. The van der Waals surface area contributed by atoms with Crippen LogP contribution in [0.3, 0.4) is 0 Å². The van der Waals surface area contributed by atoms with E-state index < -0.39 is 0 Å². The molecule has 4 nitrogen and oxygen atoms in total. The quantitative estimate of drug-likeness (QED) is 0.635. The summed E-state index contributed by atoms with van der Waals surface area (Å²) in [4.78, 5) is 30.0. The van der Waals surface area contributed by atoms with Crippen molar-refractivity contribution in [3.63, 3.8) is 0 Å². The van der Waals surface area contributed by atoms with Gasteiger partial charge in [0.2, 0.25) is 5.91 Å². The molecule has 0 saturated carbocycles. The first-order valence-electron chi connectivity index (χ1n) is 10.6. The highest BCUT2D eigenvalue weighted by Crippen LogP contribution is 2.27. The van der Waals surface area contributed by atoms with E-state index in [1.54, 1.807) is 4.90 Å². The van der Waals surface area contributed by atoms with Gasteiger partial charge in [-0.15, -0.1) is 0 Å². The van der Waals surface area contributed by atoms with Gasteiger partial charge >= 0.3 is 0 Å². The van der Waals surface area contributed by atoms with E-state index in [1.165, 1.54) is 24.3 Å². The predicted molar refractivity (Wildman–Crippen MR) is 118 cm³/mol. The number of hydrogen-bond acceptors (Lipinski definition) is 2. The Morgan fingerprint density at radius 3 is 1.77 bits per heavy atom. The molecule has 1 aliphatic rings. The van der Waals surface area contributed by atoms with E-state index in [9.17, 15) is 14.0 Å². The van der Waals surface area contributed by atoms with E-state index in [0.717, 1.165) is 11.1 Å². The van der Waals surface area contributed by atoms with Gasteiger partial charge in [0.15, 0.2) is 0 Å². The molecule has 1 aliphatic heterocycles. The fourth-order valence-electron chi connectivity index (χ4n) is 4.07. The molecule has 0 aliphatic carbocycles. The largest absolute Gasteiger partial charge is 0.340 e. The predicted octanol–water partition coefficient (Wildman–Crippen LogP) is 4.33. The minimum atomic E-state index is -0.373. The van der Waals surface area contributed by atoms with Crippen LogP contribution in [-0.4, -0.2) is 47.8 Å². The fraction of sp³-hybridized carbons (Fsp3) is 0.231. The molecule has 0 atom stereocenters. The molecule has 0 spiro atoms. The molecule has 0 bridgehead atoms. The first-order chi connectivity index (χ1) is 15.1. The fourth-order valence-corrected chi connectivity index (χ4v) is 4.07. The molecular formula is C26H25FN2O2. The third kappa shape index (κ3) is 4.82. The van der Waals surface area contributed by atoms with Crippen LogP contribution in [0.15, 0.2) is 84.9 Å². The third-order valence-electron chi connectivity index (χ3n) is 5.70. The third-order valence-corrected chi connectivity index (χ3v) is 5.70. The molecule has 0 N–H and O–H groups in total. The molecule has 2 amide bonds. The van der Waals surface area contributed by atoms with Gasteiger partial charge in [0, 0.05) is 31.7 Å². The maximum Gasteiger partial charge on any atom is 0.253 e. The Bertz CT molecular complexity index is 983. The summed E-state index contributed by atoms with van der Waals surface area (Å²) < 4.78 is 13.2.